The highest BCUT2D eigenvalue weighted by Crippen LogP contribution is 2.38. The number of aliphatic imine (C=N–C) groups is 1. The molecule has 26 heavy (non-hydrogen) atoms. The number of halogens is 2. The molecular weight excluding hydrogens is 342 g/mol. The maximum atomic E-state index is 14.5. The highest BCUT2D eigenvalue weighted by molar-refractivity contribution is 5.90. The number of hydrogen-bond acceptors (Lipinski definition) is 2. The van der Waals surface area contributed by atoms with Crippen molar-refractivity contribution >= 4 is 12.0 Å². The summed E-state index contributed by atoms with van der Waals surface area (Å²) in [7, 11) is 1.43. The van der Waals surface area contributed by atoms with Crippen molar-refractivity contribution in [3.05, 3.63) is 53.1 Å². The molecule has 1 aliphatic rings. The van der Waals surface area contributed by atoms with E-state index in [0.717, 1.165) is 0 Å². The summed E-state index contributed by atoms with van der Waals surface area (Å²) in [5.41, 5.74) is 12.2. The fourth-order valence-corrected chi connectivity index (χ4v) is 3.15. The predicted octanol–water partition coefficient (Wildman–Crippen LogP) is 2.39. The molecule has 0 atom stereocenters. The molecule has 1 aliphatic heterocycles. The van der Waals surface area contributed by atoms with Crippen molar-refractivity contribution < 1.29 is 18.3 Å². The minimum absolute atomic E-state index is 0.0650. The predicted molar refractivity (Wildman–Crippen MR) is 93.7 cm³/mol. The summed E-state index contributed by atoms with van der Waals surface area (Å²) in [6.45, 7) is 0.326. The van der Waals surface area contributed by atoms with Crippen LogP contribution in [0.4, 0.5) is 13.6 Å². The van der Waals surface area contributed by atoms with Gasteiger partial charge in [0, 0.05) is 13.1 Å². The van der Waals surface area contributed by atoms with E-state index in [4.69, 9.17) is 16.2 Å². The Hall–Kier alpha value is -3.16. The SMILES string of the molecule is COc1cccc(F)c1-c1ccc(F)c2c1CN(C(=O)N=C(N)N)CC2. The number of nitrogens with zero attached hydrogens (tertiary/aromatic N) is 2. The van der Waals surface area contributed by atoms with Crippen molar-refractivity contribution in [3.63, 3.8) is 0 Å². The smallest absolute Gasteiger partial charge is 0.347 e. The van der Waals surface area contributed by atoms with Crippen LogP contribution in [0.1, 0.15) is 11.1 Å². The van der Waals surface area contributed by atoms with E-state index in [1.54, 1.807) is 6.07 Å². The molecule has 0 fully saturated rings. The normalized spacial score (nSPS) is 13.1. The molecule has 4 N–H and O–H groups in total. The summed E-state index contributed by atoms with van der Waals surface area (Å²) in [5.74, 6) is -0.915. The number of carbonyl (C=O) groups excluding carboxylic acids is 1. The molecule has 0 saturated heterocycles. The molecule has 2 amide bonds. The molecule has 0 bridgehead atoms. The lowest BCUT2D eigenvalue weighted by atomic mass is 9.90. The monoisotopic (exact) mass is 360 g/mol. The quantitative estimate of drug-likeness (QED) is 0.635. The molecular formula is C18H18F2N4O2. The zero-order chi connectivity index (χ0) is 18.8. The van der Waals surface area contributed by atoms with Gasteiger partial charge in [0.05, 0.1) is 12.7 Å². The van der Waals surface area contributed by atoms with Gasteiger partial charge in [-0.1, -0.05) is 12.1 Å². The Balaban J connectivity index is 2.12. The number of urea groups is 1. The van der Waals surface area contributed by atoms with Gasteiger partial charge < -0.3 is 21.1 Å². The Labute approximate surface area is 149 Å². The first-order valence-electron chi connectivity index (χ1n) is 7.94. The van der Waals surface area contributed by atoms with Gasteiger partial charge in [0.2, 0.25) is 0 Å². The third-order valence-corrected chi connectivity index (χ3v) is 4.31. The minimum atomic E-state index is -0.619. The second kappa shape index (κ2) is 6.99. The number of methoxy groups -OCH3 is 1. The number of nitrogens with two attached hydrogens (primary N) is 2. The topological polar surface area (TPSA) is 93.9 Å². The number of guanidine groups is 1. The number of benzene rings is 2. The molecule has 1 heterocycles. The third kappa shape index (κ3) is 3.17. The van der Waals surface area contributed by atoms with Gasteiger partial charge in [0.15, 0.2) is 5.96 Å². The molecule has 2 aromatic rings. The van der Waals surface area contributed by atoms with Crippen LogP contribution in [0.2, 0.25) is 0 Å². The third-order valence-electron chi connectivity index (χ3n) is 4.31. The highest BCUT2D eigenvalue weighted by atomic mass is 19.1. The molecule has 0 aromatic heterocycles. The highest BCUT2D eigenvalue weighted by Gasteiger charge is 2.27. The molecule has 0 aliphatic carbocycles. The van der Waals surface area contributed by atoms with E-state index in [2.05, 4.69) is 4.99 Å². The zero-order valence-electron chi connectivity index (χ0n) is 14.1. The first kappa shape index (κ1) is 17.7. The van der Waals surface area contributed by atoms with Crippen molar-refractivity contribution in [2.45, 2.75) is 13.0 Å². The van der Waals surface area contributed by atoms with Crippen LogP contribution in [0, 0.1) is 11.6 Å². The first-order chi connectivity index (χ1) is 12.4. The Bertz CT molecular complexity index is 895. The fourth-order valence-electron chi connectivity index (χ4n) is 3.15. The van der Waals surface area contributed by atoms with E-state index in [0.29, 0.717) is 22.4 Å². The maximum absolute atomic E-state index is 14.5. The molecule has 0 radical (unpaired) electrons. The van der Waals surface area contributed by atoms with Gasteiger partial charge in [0.25, 0.3) is 0 Å². The molecule has 0 saturated carbocycles. The van der Waals surface area contributed by atoms with Gasteiger partial charge in [-0.3, -0.25) is 0 Å². The van der Waals surface area contributed by atoms with Crippen LogP contribution < -0.4 is 16.2 Å². The van der Waals surface area contributed by atoms with E-state index in [1.807, 2.05) is 0 Å². The van der Waals surface area contributed by atoms with Crippen LogP contribution in [-0.2, 0) is 13.0 Å². The van der Waals surface area contributed by atoms with Crippen LogP contribution in [0.5, 0.6) is 5.75 Å². The maximum Gasteiger partial charge on any atom is 0.347 e. The number of carbonyl (C=O) groups is 1. The lowest BCUT2D eigenvalue weighted by Crippen LogP contribution is -2.37. The Kier molecular flexibility index (Phi) is 4.75. The number of rotatable bonds is 2. The van der Waals surface area contributed by atoms with E-state index in [9.17, 15) is 13.6 Å². The second-order valence-electron chi connectivity index (χ2n) is 5.86. The van der Waals surface area contributed by atoms with E-state index in [1.165, 1.54) is 36.3 Å². The van der Waals surface area contributed by atoms with Gasteiger partial charge in [-0.25, -0.2) is 13.6 Å². The van der Waals surface area contributed by atoms with Gasteiger partial charge in [-0.05, 0) is 41.3 Å². The van der Waals surface area contributed by atoms with Crippen molar-refractivity contribution in [2.24, 2.45) is 16.5 Å². The standard InChI is InChI=1S/C18H18F2N4O2/c1-26-15-4-2-3-14(20)16(15)11-5-6-13(19)10-7-8-24(9-12(10)11)18(25)23-17(21)22/h2-6H,7-9H2,1H3,(H4,21,22,23,25). The average Bonchev–Trinajstić information content (AvgIpc) is 2.61. The van der Waals surface area contributed by atoms with Crippen molar-refractivity contribution in [1.29, 1.82) is 0 Å². The van der Waals surface area contributed by atoms with Crippen LogP contribution in [0.25, 0.3) is 11.1 Å². The van der Waals surface area contributed by atoms with E-state index in [-0.39, 0.29) is 31.0 Å². The number of hydrogen-bond donors (Lipinski definition) is 2. The fraction of sp³-hybridized carbons (Fsp3) is 0.222. The Morgan fingerprint density at radius 2 is 1.92 bits per heavy atom. The Morgan fingerprint density at radius 1 is 1.15 bits per heavy atom. The first-order valence-corrected chi connectivity index (χ1v) is 7.94. The van der Waals surface area contributed by atoms with Crippen LogP contribution in [-0.4, -0.2) is 30.5 Å². The lowest BCUT2D eigenvalue weighted by molar-refractivity contribution is 0.202. The van der Waals surface area contributed by atoms with Crippen LogP contribution in [0.3, 0.4) is 0 Å². The summed E-state index contributed by atoms with van der Waals surface area (Å²) >= 11 is 0. The van der Waals surface area contributed by atoms with Gasteiger partial charge in [-0.15, -0.1) is 0 Å². The number of amides is 2. The second-order valence-corrected chi connectivity index (χ2v) is 5.86. The molecule has 0 unspecified atom stereocenters. The minimum Gasteiger partial charge on any atom is -0.496 e. The summed E-state index contributed by atoms with van der Waals surface area (Å²) in [4.78, 5) is 17.0. The molecule has 2 aromatic carbocycles. The van der Waals surface area contributed by atoms with Crippen molar-refractivity contribution in [1.82, 2.24) is 4.90 Å². The molecule has 8 heteroatoms. The Morgan fingerprint density at radius 3 is 2.62 bits per heavy atom. The summed E-state index contributed by atoms with van der Waals surface area (Å²) in [6, 6.07) is 6.63. The van der Waals surface area contributed by atoms with Crippen molar-refractivity contribution in [3.8, 4) is 16.9 Å². The van der Waals surface area contributed by atoms with Gasteiger partial charge in [-0.2, -0.15) is 4.99 Å². The molecule has 136 valence electrons. The van der Waals surface area contributed by atoms with E-state index < -0.39 is 17.7 Å². The van der Waals surface area contributed by atoms with Crippen LogP contribution in [0.15, 0.2) is 35.3 Å². The summed E-state index contributed by atoms with van der Waals surface area (Å²) in [6.07, 6.45) is 0.275. The number of fused-ring (bicyclic) bond motifs is 1. The largest absolute Gasteiger partial charge is 0.496 e. The summed E-state index contributed by atoms with van der Waals surface area (Å²) in [5, 5.41) is 0. The van der Waals surface area contributed by atoms with Gasteiger partial charge >= 0.3 is 6.03 Å². The van der Waals surface area contributed by atoms with Crippen molar-refractivity contribution in [2.75, 3.05) is 13.7 Å². The van der Waals surface area contributed by atoms with E-state index >= 15 is 0 Å². The zero-order valence-corrected chi connectivity index (χ0v) is 14.1. The molecule has 6 nitrogen and oxygen atoms in total. The molecule has 3 rings (SSSR count). The van der Waals surface area contributed by atoms with Crippen LogP contribution >= 0.6 is 0 Å². The van der Waals surface area contributed by atoms with Gasteiger partial charge in [0.1, 0.15) is 17.4 Å². The number of ether oxygens (including phenoxy) is 1. The summed E-state index contributed by atoms with van der Waals surface area (Å²) < 4.78 is 34.1. The average molecular weight is 360 g/mol. The molecule has 0 spiro atoms. The lowest BCUT2D eigenvalue weighted by Gasteiger charge is -2.29.